The molecule has 1 atom stereocenters. The van der Waals surface area contributed by atoms with E-state index in [2.05, 4.69) is 0 Å². The average Bonchev–Trinajstić information content (AvgIpc) is 2.40. The van der Waals surface area contributed by atoms with Crippen molar-refractivity contribution in [3.63, 3.8) is 0 Å². The topological polar surface area (TPSA) is 29.5 Å². The molecule has 0 bridgehead atoms. The van der Waals surface area contributed by atoms with Gasteiger partial charge in [-0.25, -0.2) is 4.39 Å². The van der Waals surface area contributed by atoms with Crippen LogP contribution < -0.4 is 4.74 Å². The fourth-order valence-electron chi connectivity index (χ4n) is 1.66. The number of hydrogen-bond donors (Lipinski definition) is 1. The number of rotatable bonds is 4. The molecular weight excluding hydrogens is 267 g/mol. The molecule has 0 aliphatic rings. The van der Waals surface area contributed by atoms with Gasteiger partial charge in [-0.05, 0) is 42.8 Å². The maximum Gasteiger partial charge on any atom is 0.129 e. The molecule has 0 unspecified atom stereocenters. The van der Waals surface area contributed by atoms with Gasteiger partial charge in [0.2, 0.25) is 0 Å². The van der Waals surface area contributed by atoms with Gasteiger partial charge in [0.1, 0.15) is 18.2 Å². The monoisotopic (exact) mass is 280 g/mol. The highest BCUT2D eigenvalue weighted by Crippen LogP contribution is 2.20. The first-order valence-electron chi connectivity index (χ1n) is 5.91. The Kier molecular flexibility index (Phi) is 4.40. The van der Waals surface area contributed by atoms with Gasteiger partial charge in [0, 0.05) is 10.6 Å². The summed E-state index contributed by atoms with van der Waals surface area (Å²) in [6.45, 7) is 1.80. The lowest BCUT2D eigenvalue weighted by Crippen LogP contribution is -1.99. The minimum absolute atomic E-state index is 0.112. The van der Waals surface area contributed by atoms with E-state index < -0.39 is 6.10 Å². The molecule has 2 rings (SSSR count). The molecule has 0 radical (unpaired) electrons. The summed E-state index contributed by atoms with van der Waals surface area (Å²) in [4.78, 5) is 0. The van der Waals surface area contributed by atoms with Gasteiger partial charge in [0.05, 0.1) is 6.10 Å². The van der Waals surface area contributed by atoms with E-state index in [1.807, 2.05) is 0 Å². The molecule has 0 aliphatic heterocycles. The van der Waals surface area contributed by atoms with E-state index in [-0.39, 0.29) is 12.4 Å². The van der Waals surface area contributed by atoms with Crippen LogP contribution in [0.1, 0.15) is 24.2 Å². The zero-order chi connectivity index (χ0) is 13.8. The third-order valence-corrected chi connectivity index (χ3v) is 3.00. The number of ether oxygens (including phenoxy) is 1. The number of aliphatic hydroxyl groups is 1. The standard InChI is InChI=1S/C15H14ClFO2/c1-10(18)11-2-5-14(6-3-11)19-9-12-8-13(16)4-7-15(12)17/h2-8,10,18H,9H2,1H3/t10-/m0/s1. The minimum Gasteiger partial charge on any atom is -0.489 e. The van der Waals surface area contributed by atoms with Crippen molar-refractivity contribution in [2.24, 2.45) is 0 Å². The van der Waals surface area contributed by atoms with Crippen LogP contribution in [0.15, 0.2) is 42.5 Å². The molecule has 4 heteroatoms. The Balaban J connectivity index is 2.04. The lowest BCUT2D eigenvalue weighted by atomic mass is 10.1. The Labute approximate surface area is 116 Å². The molecule has 19 heavy (non-hydrogen) atoms. The Morgan fingerprint density at radius 2 is 1.89 bits per heavy atom. The molecule has 0 heterocycles. The van der Waals surface area contributed by atoms with Crippen LogP contribution in [0.25, 0.3) is 0 Å². The number of aliphatic hydroxyl groups excluding tert-OH is 1. The Bertz CT molecular complexity index is 553. The minimum atomic E-state index is -0.514. The largest absolute Gasteiger partial charge is 0.489 e. The van der Waals surface area contributed by atoms with Gasteiger partial charge in [-0.1, -0.05) is 23.7 Å². The molecule has 2 aromatic carbocycles. The van der Waals surface area contributed by atoms with Crippen LogP contribution >= 0.6 is 11.6 Å². The van der Waals surface area contributed by atoms with Gasteiger partial charge in [0.25, 0.3) is 0 Å². The molecule has 2 nitrogen and oxygen atoms in total. The molecular formula is C15H14ClFO2. The summed E-state index contributed by atoms with van der Waals surface area (Å²) in [5, 5.41) is 9.86. The second-order valence-electron chi connectivity index (χ2n) is 4.27. The summed E-state index contributed by atoms with van der Waals surface area (Å²) in [5.74, 6) is 0.272. The van der Waals surface area contributed by atoms with Crippen LogP contribution in [0, 0.1) is 5.82 Å². The van der Waals surface area contributed by atoms with Gasteiger partial charge in [-0.3, -0.25) is 0 Å². The second kappa shape index (κ2) is 6.04. The lowest BCUT2D eigenvalue weighted by molar-refractivity contribution is 0.199. The normalized spacial score (nSPS) is 12.2. The van der Waals surface area contributed by atoms with E-state index in [0.29, 0.717) is 16.3 Å². The zero-order valence-corrected chi connectivity index (χ0v) is 11.2. The van der Waals surface area contributed by atoms with Gasteiger partial charge in [-0.15, -0.1) is 0 Å². The quantitative estimate of drug-likeness (QED) is 0.913. The Morgan fingerprint density at radius 3 is 2.53 bits per heavy atom. The fourth-order valence-corrected chi connectivity index (χ4v) is 1.85. The van der Waals surface area contributed by atoms with Crippen LogP contribution in [-0.4, -0.2) is 5.11 Å². The van der Waals surface area contributed by atoms with Crippen molar-refractivity contribution >= 4 is 11.6 Å². The second-order valence-corrected chi connectivity index (χ2v) is 4.71. The van der Waals surface area contributed by atoms with Crippen LogP contribution in [0.5, 0.6) is 5.75 Å². The van der Waals surface area contributed by atoms with Crippen molar-refractivity contribution in [2.45, 2.75) is 19.6 Å². The summed E-state index contributed by atoms with van der Waals surface area (Å²) < 4.78 is 19.0. The summed E-state index contributed by atoms with van der Waals surface area (Å²) in [5.41, 5.74) is 1.22. The summed E-state index contributed by atoms with van der Waals surface area (Å²) in [7, 11) is 0. The van der Waals surface area contributed by atoms with Crippen LogP contribution in [0.3, 0.4) is 0 Å². The summed E-state index contributed by atoms with van der Waals surface area (Å²) >= 11 is 5.80. The Hall–Kier alpha value is -1.58. The maximum absolute atomic E-state index is 13.5. The van der Waals surface area contributed by atoms with Gasteiger partial charge >= 0.3 is 0 Å². The molecule has 0 spiro atoms. The van der Waals surface area contributed by atoms with E-state index >= 15 is 0 Å². The van der Waals surface area contributed by atoms with Crippen molar-refractivity contribution in [3.8, 4) is 5.75 Å². The molecule has 2 aromatic rings. The van der Waals surface area contributed by atoms with E-state index in [1.165, 1.54) is 12.1 Å². The van der Waals surface area contributed by atoms with Crippen molar-refractivity contribution in [2.75, 3.05) is 0 Å². The smallest absolute Gasteiger partial charge is 0.129 e. The molecule has 100 valence electrons. The predicted octanol–water partition coefficient (Wildman–Crippen LogP) is 4.11. The third kappa shape index (κ3) is 3.69. The summed E-state index contributed by atoms with van der Waals surface area (Å²) in [6.07, 6.45) is -0.514. The lowest BCUT2D eigenvalue weighted by Gasteiger charge is -2.09. The highest BCUT2D eigenvalue weighted by atomic mass is 35.5. The van der Waals surface area contributed by atoms with E-state index in [4.69, 9.17) is 16.3 Å². The van der Waals surface area contributed by atoms with Crippen LogP contribution in [0.2, 0.25) is 5.02 Å². The Morgan fingerprint density at radius 1 is 1.21 bits per heavy atom. The van der Waals surface area contributed by atoms with Crippen LogP contribution in [-0.2, 0) is 6.61 Å². The number of benzene rings is 2. The van der Waals surface area contributed by atoms with E-state index in [9.17, 15) is 9.50 Å². The maximum atomic E-state index is 13.5. The molecule has 0 amide bonds. The SMILES string of the molecule is C[C@H](O)c1ccc(OCc2cc(Cl)ccc2F)cc1. The first-order chi connectivity index (χ1) is 9.06. The first-order valence-corrected chi connectivity index (χ1v) is 6.29. The zero-order valence-electron chi connectivity index (χ0n) is 10.4. The summed E-state index contributed by atoms with van der Waals surface area (Å²) in [6, 6.07) is 11.4. The average molecular weight is 281 g/mol. The third-order valence-electron chi connectivity index (χ3n) is 2.76. The fraction of sp³-hybridized carbons (Fsp3) is 0.200. The highest BCUT2D eigenvalue weighted by molar-refractivity contribution is 6.30. The van der Waals surface area contributed by atoms with Crippen molar-refractivity contribution in [1.29, 1.82) is 0 Å². The molecule has 0 fully saturated rings. The first kappa shape index (κ1) is 13.8. The van der Waals surface area contributed by atoms with Gasteiger partial charge < -0.3 is 9.84 Å². The van der Waals surface area contributed by atoms with Crippen molar-refractivity contribution in [1.82, 2.24) is 0 Å². The van der Waals surface area contributed by atoms with E-state index in [0.717, 1.165) is 5.56 Å². The van der Waals surface area contributed by atoms with Gasteiger partial charge in [0.15, 0.2) is 0 Å². The number of hydrogen-bond acceptors (Lipinski definition) is 2. The number of halogens is 2. The molecule has 1 N–H and O–H groups in total. The van der Waals surface area contributed by atoms with E-state index in [1.54, 1.807) is 37.3 Å². The van der Waals surface area contributed by atoms with Crippen LogP contribution in [0.4, 0.5) is 4.39 Å². The molecule has 0 saturated carbocycles. The highest BCUT2D eigenvalue weighted by Gasteiger charge is 2.05. The molecule has 0 aromatic heterocycles. The molecule has 0 aliphatic carbocycles. The predicted molar refractivity (Wildman–Crippen MR) is 72.8 cm³/mol. The van der Waals surface area contributed by atoms with Crippen molar-refractivity contribution < 1.29 is 14.2 Å². The molecule has 0 saturated heterocycles. The van der Waals surface area contributed by atoms with Crippen molar-refractivity contribution in [3.05, 3.63) is 64.4 Å². The van der Waals surface area contributed by atoms with Gasteiger partial charge in [-0.2, -0.15) is 0 Å².